The molecule has 1 fully saturated rings. The molecule has 2 atom stereocenters. The first-order chi connectivity index (χ1) is 7.38. The molecule has 0 spiro atoms. The molecule has 1 saturated carbocycles. The van der Waals surface area contributed by atoms with Crippen LogP contribution < -0.4 is 11.1 Å². The SMILES string of the molecule is CC1CC1Nc1ccc(N)cc1C(F)(F)F. The van der Waals surface area contributed by atoms with Crippen molar-refractivity contribution in [1.82, 2.24) is 0 Å². The molecule has 0 heterocycles. The molecule has 2 nitrogen and oxygen atoms in total. The van der Waals surface area contributed by atoms with Gasteiger partial charge in [0.2, 0.25) is 0 Å². The van der Waals surface area contributed by atoms with E-state index in [1.165, 1.54) is 12.1 Å². The van der Waals surface area contributed by atoms with E-state index >= 15 is 0 Å². The Morgan fingerprint density at radius 2 is 2.00 bits per heavy atom. The zero-order chi connectivity index (χ0) is 11.9. The number of rotatable bonds is 2. The average molecular weight is 230 g/mol. The Hall–Kier alpha value is -1.39. The summed E-state index contributed by atoms with van der Waals surface area (Å²) >= 11 is 0. The standard InChI is InChI=1S/C11H13F3N2/c1-6-4-10(6)16-9-3-2-7(15)5-8(9)11(12,13)14/h2-3,5-6,10,16H,4,15H2,1H3. The van der Waals surface area contributed by atoms with Crippen molar-refractivity contribution >= 4 is 11.4 Å². The third-order valence-electron chi connectivity index (χ3n) is 2.80. The Morgan fingerprint density at radius 1 is 1.38 bits per heavy atom. The summed E-state index contributed by atoms with van der Waals surface area (Å²) in [5.74, 6) is 0.443. The van der Waals surface area contributed by atoms with Gasteiger partial charge in [0.05, 0.1) is 5.56 Å². The van der Waals surface area contributed by atoms with Gasteiger partial charge in [-0.25, -0.2) is 0 Å². The zero-order valence-electron chi connectivity index (χ0n) is 8.81. The lowest BCUT2D eigenvalue weighted by Gasteiger charge is -2.15. The molecule has 0 saturated heterocycles. The minimum Gasteiger partial charge on any atom is -0.399 e. The van der Waals surface area contributed by atoms with Crippen molar-refractivity contribution in [3.63, 3.8) is 0 Å². The number of hydrogen-bond donors (Lipinski definition) is 2. The van der Waals surface area contributed by atoms with Crippen LogP contribution in [0, 0.1) is 5.92 Å². The van der Waals surface area contributed by atoms with Gasteiger partial charge in [-0.3, -0.25) is 0 Å². The molecule has 2 rings (SSSR count). The van der Waals surface area contributed by atoms with Crippen LogP contribution in [0.3, 0.4) is 0 Å². The lowest BCUT2D eigenvalue weighted by atomic mass is 10.1. The number of nitrogen functional groups attached to an aromatic ring is 1. The molecule has 1 aromatic rings. The molecule has 0 amide bonds. The fraction of sp³-hybridized carbons (Fsp3) is 0.455. The number of hydrogen-bond acceptors (Lipinski definition) is 2. The van der Waals surface area contributed by atoms with E-state index in [0.717, 1.165) is 12.5 Å². The van der Waals surface area contributed by atoms with Gasteiger partial charge in [0.25, 0.3) is 0 Å². The molecule has 16 heavy (non-hydrogen) atoms. The summed E-state index contributed by atoms with van der Waals surface area (Å²) in [4.78, 5) is 0. The predicted molar refractivity (Wildman–Crippen MR) is 57.0 cm³/mol. The van der Waals surface area contributed by atoms with Crippen molar-refractivity contribution in [3.05, 3.63) is 23.8 Å². The first kappa shape index (κ1) is 11.1. The summed E-state index contributed by atoms with van der Waals surface area (Å²) in [6, 6.07) is 3.99. The highest BCUT2D eigenvalue weighted by molar-refractivity contribution is 5.60. The zero-order valence-corrected chi connectivity index (χ0v) is 8.81. The molecule has 0 bridgehead atoms. The Balaban J connectivity index is 2.29. The normalized spacial score (nSPS) is 24.2. The van der Waals surface area contributed by atoms with E-state index in [1.807, 2.05) is 6.92 Å². The molecule has 1 aliphatic carbocycles. The molecule has 0 aromatic heterocycles. The quantitative estimate of drug-likeness (QED) is 0.766. The molecule has 2 unspecified atom stereocenters. The molecule has 5 heteroatoms. The molecule has 0 aliphatic heterocycles. The fourth-order valence-electron chi connectivity index (χ4n) is 1.65. The van der Waals surface area contributed by atoms with Gasteiger partial charge < -0.3 is 11.1 Å². The van der Waals surface area contributed by atoms with Crippen LogP contribution in [0.5, 0.6) is 0 Å². The van der Waals surface area contributed by atoms with E-state index in [2.05, 4.69) is 5.32 Å². The second-order valence-corrected chi connectivity index (χ2v) is 4.27. The highest BCUT2D eigenvalue weighted by Gasteiger charge is 2.37. The largest absolute Gasteiger partial charge is 0.418 e. The summed E-state index contributed by atoms with van der Waals surface area (Å²) in [7, 11) is 0. The van der Waals surface area contributed by atoms with E-state index in [1.54, 1.807) is 0 Å². The lowest BCUT2D eigenvalue weighted by Crippen LogP contribution is -2.13. The van der Waals surface area contributed by atoms with Crippen molar-refractivity contribution in [2.75, 3.05) is 11.1 Å². The maximum absolute atomic E-state index is 12.7. The molecule has 3 N–H and O–H groups in total. The molecular formula is C11H13F3N2. The van der Waals surface area contributed by atoms with Crippen LogP contribution in [-0.2, 0) is 6.18 Å². The first-order valence-corrected chi connectivity index (χ1v) is 5.11. The summed E-state index contributed by atoms with van der Waals surface area (Å²) in [5.41, 5.74) is 4.93. The monoisotopic (exact) mass is 230 g/mol. The molecule has 88 valence electrons. The smallest absolute Gasteiger partial charge is 0.399 e. The highest BCUT2D eigenvalue weighted by atomic mass is 19.4. The minimum absolute atomic E-state index is 0.121. The van der Waals surface area contributed by atoms with E-state index in [9.17, 15) is 13.2 Å². The van der Waals surface area contributed by atoms with Crippen molar-refractivity contribution in [1.29, 1.82) is 0 Å². The summed E-state index contributed by atoms with van der Waals surface area (Å²) in [5, 5.41) is 2.89. The summed E-state index contributed by atoms with van der Waals surface area (Å²) < 4.78 is 38.1. The van der Waals surface area contributed by atoms with Crippen molar-refractivity contribution in [3.8, 4) is 0 Å². The molecule has 0 radical (unpaired) electrons. The van der Waals surface area contributed by atoms with E-state index in [-0.39, 0.29) is 17.4 Å². The number of nitrogens with one attached hydrogen (secondary N) is 1. The van der Waals surface area contributed by atoms with Crippen LogP contribution in [0.1, 0.15) is 18.9 Å². The van der Waals surface area contributed by atoms with Gasteiger partial charge >= 0.3 is 6.18 Å². The number of halogens is 3. The second-order valence-electron chi connectivity index (χ2n) is 4.27. The highest BCUT2D eigenvalue weighted by Crippen LogP contribution is 2.39. The Labute approximate surface area is 91.6 Å². The van der Waals surface area contributed by atoms with Gasteiger partial charge in [0, 0.05) is 17.4 Å². The maximum atomic E-state index is 12.7. The summed E-state index contributed by atoms with van der Waals surface area (Å²) in [6.07, 6.45) is -3.45. The second kappa shape index (κ2) is 3.57. The average Bonchev–Trinajstić information content (AvgIpc) is 2.83. The predicted octanol–water partition coefficient (Wildman–Crippen LogP) is 3.11. The first-order valence-electron chi connectivity index (χ1n) is 5.11. The van der Waals surface area contributed by atoms with Gasteiger partial charge in [-0.15, -0.1) is 0 Å². The number of benzene rings is 1. The van der Waals surface area contributed by atoms with Gasteiger partial charge in [0.15, 0.2) is 0 Å². The summed E-state index contributed by atoms with van der Waals surface area (Å²) in [6.45, 7) is 2.00. The van der Waals surface area contributed by atoms with Crippen molar-refractivity contribution in [2.45, 2.75) is 25.6 Å². The van der Waals surface area contributed by atoms with Crippen LogP contribution in [0.15, 0.2) is 18.2 Å². The van der Waals surface area contributed by atoms with Crippen molar-refractivity contribution < 1.29 is 13.2 Å². The maximum Gasteiger partial charge on any atom is 0.418 e. The molecule has 1 aliphatic rings. The minimum atomic E-state index is -4.37. The van der Waals surface area contributed by atoms with E-state index in [0.29, 0.717) is 5.92 Å². The Morgan fingerprint density at radius 3 is 2.50 bits per heavy atom. The van der Waals surface area contributed by atoms with Gasteiger partial charge in [-0.1, -0.05) is 6.92 Å². The van der Waals surface area contributed by atoms with Crippen LogP contribution in [-0.4, -0.2) is 6.04 Å². The van der Waals surface area contributed by atoms with Crippen LogP contribution in [0.25, 0.3) is 0 Å². The molecular weight excluding hydrogens is 217 g/mol. The van der Waals surface area contributed by atoms with E-state index < -0.39 is 11.7 Å². The van der Waals surface area contributed by atoms with Crippen LogP contribution >= 0.6 is 0 Å². The molecule has 1 aromatic carbocycles. The Bertz CT molecular complexity index is 401. The number of alkyl halides is 3. The third kappa shape index (κ3) is 2.23. The van der Waals surface area contributed by atoms with Crippen LogP contribution in [0.4, 0.5) is 24.5 Å². The van der Waals surface area contributed by atoms with Gasteiger partial charge in [-0.2, -0.15) is 13.2 Å². The Kier molecular flexibility index (Phi) is 2.48. The van der Waals surface area contributed by atoms with Gasteiger partial charge in [0.1, 0.15) is 0 Å². The number of nitrogens with two attached hydrogens (primary N) is 1. The number of anilines is 2. The van der Waals surface area contributed by atoms with Crippen LogP contribution in [0.2, 0.25) is 0 Å². The van der Waals surface area contributed by atoms with Crippen molar-refractivity contribution in [2.24, 2.45) is 5.92 Å². The lowest BCUT2D eigenvalue weighted by molar-refractivity contribution is -0.136. The third-order valence-corrected chi connectivity index (χ3v) is 2.80. The van der Waals surface area contributed by atoms with Gasteiger partial charge in [-0.05, 0) is 30.5 Å². The topological polar surface area (TPSA) is 38.0 Å². The fourth-order valence-corrected chi connectivity index (χ4v) is 1.65. The van der Waals surface area contributed by atoms with E-state index in [4.69, 9.17) is 5.73 Å².